The average Bonchev–Trinajstić information content (AvgIpc) is 2.73. The standard InChI is InChI=1S/C9H14N4O2/c1-12-5-3-11-8(12)13-4-2-9(10,6-13)7(14)15/h3,5H,2,4,6,10H2,1H3,(H,14,15). The van der Waals surface area contributed by atoms with Crippen molar-refractivity contribution < 1.29 is 9.90 Å². The smallest absolute Gasteiger partial charge is 0.325 e. The van der Waals surface area contributed by atoms with E-state index in [0.717, 1.165) is 5.95 Å². The zero-order valence-corrected chi connectivity index (χ0v) is 8.55. The van der Waals surface area contributed by atoms with Gasteiger partial charge in [-0.05, 0) is 6.42 Å². The Kier molecular flexibility index (Phi) is 2.15. The Morgan fingerprint density at radius 1 is 1.73 bits per heavy atom. The van der Waals surface area contributed by atoms with Gasteiger partial charge < -0.3 is 20.3 Å². The molecule has 2 heterocycles. The summed E-state index contributed by atoms with van der Waals surface area (Å²) < 4.78 is 1.85. The largest absolute Gasteiger partial charge is 0.480 e. The maximum Gasteiger partial charge on any atom is 0.325 e. The topological polar surface area (TPSA) is 84.4 Å². The van der Waals surface area contributed by atoms with Crippen molar-refractivity contribution in [3.05, 3.63) is 12.4 Å². The van der Waals surface area contributed by atoms with Gasteiger partial charge in [0.1, 0.15) is 5.54 Å². The van der Waals surface area contributed by atoms with Crippen molar-refractivity contribution in [3.8, 4) is 0 Å². The minimum Gasteiger partial charge on any atom is -0.480 e. The summed E-state index contributed by atoms with van der Waals surface area (Å²) in [4.78, 5) is 17.0. The first kappa shape index (κ1) is 9.97. The number of aryl methyl sites for hydroxylation is 1. The number of carboxylic acid groups (broad SMARTS) is 1. The van der Waals surface area contributed by atoms with Gasteiger partial charge >= 0.3 is 5.97 Å². The van der Waals surface area contributed by atoms with Gasteiger partial charge in [-0.2, -0.15) is 0 Å². The van der Waals surface area contributed by atoms with Crippen LogP contribution in [0.25, 0.3) is 0 Å². The number of anilines is 1. The summed E-state index contributed by atoms with van der Waals surface area (Å²) in [6.07, 6.45) is 3.97. The molecular weight excluding hydrogens is 196 g/mol. The van der Waals surface area contributed by atoms with Gasteiger partial charge in [0.05, 0.1) is 0 Å². The SMILES string of the molecule is Cn1ccnc1N1CCC(N)(C(=O)O)C1. The van der Waals surface area contributed by atoms with Crippen LogP contribution in [0.5, 0.6) is 0 Å². The maximum absolute atomic E-state index is 10.9. The molecule has 1 aliphatic heterocycles. The molecule has 1 atom stereocenters. The van der Waals surface area contributed by atoms with Gasteiger partial charge in [-0.15, -0.1) is 0 Å². The highest BCUT2D eigenvalue weighted by atomic mass is 16.4. The predicted octanol–water partition coefficient (Wildman–Crippen LogP) is -0.588. The Morgan fingerprint density at radius 2 is 2.47 bits per heavy atom. The number of aliphatic carboxylic acids is 1. The van der Waals surface area contributed by atoms with Crippen molar-refractivity contribution in [2.75, 3.05) is 18.0 Å². The van der Waals surface area contributed by atoms with E-state index in [-0.39, 0.29) is 0 Å². The molecule has 6 nitrogen and oxygen atoms in total. The van der Waals surface area contributed by atoms with Gasteiger partial charge in [0.15, 0.2) is 0 Å². The number of carboxylic acids is 1. The lowest BCUT2D eigenvalue weighted by Crippen LogP contribution is -2.50. The third kappa shape index (κ3) is 1.56. The van der Waals surface area contributed by atoms with E-state index >= 15 is 0 Å². The number of rotatable bonds is 2. The Hall–Kier alpha value is -1.56. The molecule has 0 amide bonds. The molecule has 0 radical (unpaired) electrons. The average molecular weight is 210 g/mol. The van der Waals surface area contributed by atoms with E-state index in [1.807, 2.05) is 22.7 Å². The monoisotopic (exact) mass is 210 g/mol. The second kappa shape index (κ2) is 3.23. The maximum atomic E-state index is 10.9. The van der Waals surface area contributed by atoms with Crippen LogP contribution in [0.2, 0.25) is 0 Å². The van der Waals surface area contributed by atoms with Crippen LogP contribution in [-0.4, -0.2) is 39.3 Å². The number of nitrogens with zero attached hydrogens (tertiary/aromatic N) is 3. The van der Waals surface area contributed by atoms with Crippen molar-refractivity contribution in [1.82, 2.24) is 9.55 Å². The molecule has 1 unspecified atom stereocenters. The second-order valence-corrected chi connectivity index (χ2v) is 3.97. The molecule has 82 valence electrons. The normalized spacial score (nSPS) is 25.9. The van der Waals surface area contributed by atoms with E-state index in [1.165, 1.54) is 0 Å². The van der Waals surface area contributed by atoms with E-state index in [9.17, 15) is 4.79 Å². The molecule has 6 heteroatoms. The van der Waals surface area contributed by atoms with Crippen LogP contribution in [0.1, 0.15) is 6.42 Å². The molecule has 15 heavy (non-hydrogen) atoms. The Bertz CT molecular complexity index is 389. The molecule has 0 aromatic carbocycles. The van der Waals surface area contributed by atoms with Gasteiger partial charge in [0, 0.05) is 32.5 Å². The first-order chi connectivity index (χ1) is 7.03. The predicted molar refractivity (Wildman–Crippen MR) is 54.6 cm³/mol. The van der Waals surface area contributed by atoms with Crippen LogP contribution in [-0.2, 0) is 11.8 Å². The molecule has 3 N–H and O–H groups in total. The molecular formula is C9H14N4O2. The lowest BCUT2D eigenvalue weighted by atomic mass is 10.0. The lowest BCUT2D eigenvalue weighted by molar-refractivity contribution is -0.142. The quantitative estimate of drug-likeness (QED) is 0.681. The Labute approximate surface area is 87.3 Å². The third-order valence-electron chi connectivity index (χ3n) is 2.81. The van der Waals surface area contributed by atoms with E-state index < -0.39 is 11.5 Å². The van der Waals surface area contributed by atoms with Crippen LogP contribution in [0, 0.1) is 0 Å². The fourth-order valence-electron chi connectivity index (χ4n) is 1.84. The van der Waals surface area contributed by atoms with Gasteiger partial charge in [-0.1, -0.05) is 0 Å². The van der Waals surface area contributed by atoms with Crippen molar-refractivity contribution in [1.29, 1.82) is 0 Å². The summed E-state index contributed by atoms with van der Waals surface area (Å²) in [6.45, 7) is 0.945. The molecule has 2 rings (SSSR count). The van der Waals surface area contributed by atoms with Crippen molar-refractivity contribution in [2.45, 2.75) is 12.0 Å². The highest BCUT2D eigenvalue weighted by Crippen LogP contribution is 2.23. The van der Waals surface area contributed by atoms with Gasteiger partial charge in [-0.3, -0.25) is 4.79 Å². The minimum atomic E-state index is -1.13. The van der Waals surface area contributed by atoms with Crippen LogP contribution in [0.3, 0.4) is 0 Å². The summed E-state index contributed by atoms with van der Waals surface area (Å²) in [5.41, 5.74) is 4.64. The fraction of sp³-hybridized carbons (Fsp3) is 0.556. The first-order valence-electron chi connectivity index (χ1n) is 4.77. The van der Waals surface area contributed by atoms with Gasteiger partial charge in [0.2, 0.25) is 5.95 Å². The molecule has 1 saturated heterocycles. The number of carbonyl (C=O) groups is 1. The molecule has 0 aliphatic carbocycles. The molecule has 1 fully saturated rings. The summed E-state index contributed by atoms with van der Waals surface area (Å²) in [5, 5.41) is 8.98. The number of hydrogen-bond donors (Lipinski definition) is 2. The summed E-state index contributed by atoms with van der Waals surface area (Å²) >= 11 is 0. The highest BCUT2D eigenvalue weighted by molar-refractivity contribution is 5.80. The Morgan fingerprint density at radius 3 is 2.93 bits per heavy atom. The summed E-state index contributed by atoms with van der Waals surface area (Å²) in [5.74, 6) is -0.178. The zero-order chi connectivity index (χ0) is 11.1. The first-order valence-corrected chi connectivity index (χ1v) is 4.77. The highest BCUT2D eigenvalue weighted by Gasteiger charge is 2.42. The van der Waals surface area contributed by atoms with Crippen LogP contribution < -0.4 is 10.6 Å². The number of aromatic nitrogens is 2. The lowest BCUT2D eigenvalue weighted by Gasteiger charge is -2.20. The molecule has 0 spiro atoms. The molecule has 1 aromatic heterocycles. The molecule has 0 saturated carbocycles. The summed E-state index contributed by atoms with van der Waals surface area (Å²) in [6, 6.07) is 0. The Balaban J connectivity index is 2.18. The van der Waals surface area contributed by atoms with Crippen molar-refractivity contribution >= 4 is 11.9 Å². The number of hydrogen-bond acceptors (Lipinski definition) is 4. The minimum absolute atomic E-state index is 0.313. The van der Waals surface area contributed by atoms with Crippen molar-refractivity contribution in [2.24, 2.45) is 12.8 Å². The molecule has 1 aliphatic rings. The van der Waals surface area contributed by atoms with E-state index in [4.69, 9.17) is 10.8 Å². The second-order valence-electron chi connectivity index (χ2n) is 3.97. The third-order valence-corrected chi connectivity index (χ3v) is 2.81. The van der Waals surface area contributed by atoms with Gasteiger partial charge in [-0.25, -0.2) is 4.98 Å². The fourth-order valence-corrected chi connectivity index (χ4v) is 1.84. The van der Waals surface area contributed by atoms with Gasteiger partial charge in [0.25, 0.3) is 0 Å². The van der Waals surface area contributed by atoms with Crippen LogP contribution in [0.4, 0.5) is 5.95 Å². The number of imidazole rings is 1. The van der Waals surface area contributed by atoms with Crippen LogP contribution in [0.15, 0.2) is 12.4 Å². The molecule has 1 aromatic rings. The van der Waals surface area contributed by atoms with E-state index in [2.05, 4.69) is 4.98 Å². The summed E-state index contributed by atoms with van der Waals surface area (Å²) in [7, 11) is 1.87. The van der Waals surface area contributed by atoms with E-state index in [0.29, 0.717) is 19.5 Å². The molecule has 0 bridgehead atoms. The van der Waals surface area contributed by atoms with Crippen molar-refractivity contribution in [3.63, 3.8) is 0 Å². The van der Waals surface area contributed by atoms with Crippen LogP contribution >= 0.6 is 0 Å². The van der Waals surface area contributed by atoms with E-state index in [1.54, 1.807) is 6.20 Å². The number of nitrogens with two attached hydrogens (primary N) is 1. The zero-order valence-electron chi connectivity index (χ0n) is 8.55.